The number of nitrogens with one attached hydrogen (secondary N) is 1. The third-order valence-corrected chi connectivity index (χ3v) is 2.62. The van der Waals surface area contributed by atoms with E-state index in [1.807, 2.05) is 0 Å². The van der Waals surface area contributed by atoms with E-state index < -0.39 is 0 Å². The van der Waals surface area contributed by atoms with E-state index in [0.29, 0.717) is 17.4 Å². The molecule has 0 aromatic carbocycles. The molecule has 0 aliphatic heterocycles. The summed E-state index contributed by atoms with van der Waals surface area (Å²) in [6.07, 6.45) is 2.30. The molecule has 0 amide bonds. The summed E-state index contributed by atoms with van der Waals surface area (Å²) in [6.45, 7) is 0.191. The van der Waals surface area contributed by atoms with Crippen molar-refractivity contribution in [3.63, 3.8) is 0 Å². The highest BCUT2D eigenvalue weighted by Gasteiger charge is 2.36. The molecule has 0 bridgehead atoms. The molecular formula is C8H11ClN4O. The van der Waals surface area contributed by atoms with Crippen LogP contribution < -0.4 is 11.1 Å². The molecule has 2 atom stereocenters. The third kappa shape index (κ3) is 1.73. The van der Waals surface area contributed by atoms with Crippen molar-refractivity contribution in [3.05, 3.63) is 11.5 Å². The van der Waals surface area contributed by atoms with E-state index in [-0.39, 0.29) is 17.8 Å². The predicted octanol–water partition coefficient (Wildman–Crippen LogP) is 0.505. The van der Waals surface area contributed by atoms with Gasteiger partial charge in [-0.25, -0.2) is 9.97 Å². The minimum Gasteiger partial charge on any atom is -0.396 e. The van der Waals surface area contributed by atoms with Crippen molar-refractivity contribution >= 4 is 23.1 Å². The molecular weight excluding hydrogens is 204 g/mol. The van der Waals surface area contributed by atoms with Crippen molar-refractivity contribution in [3.8, 4) is 0 Å². The Labute approximate surface area is 86.3 Å². The van der Waals surface area contributed by atoms with Gasteiger partial charge in [-0.1, -0.05) is 11.6 Å². The van der Waals surface area contributed by atoms with Gasteiger partial charge < -0.3 is 16.2 Å². The van der Waals surface area contributed by atoms with Crippen molar-refractivity contribution in [2.45, 2.75) is 12.5 Å². The first-order chi connectivity index (χ1) is 6.72. The highest BCUT2D eigenvalue weighted by molar-refractivity contribution is 6.32. The second-order valence-electron chi connectivity index (χ2n) is 3.36. The number of anilines is 2. The van der Waals surface area contributed by atoms with Crippen LogP contribution >= 0.6 is 11.6 Å². The smallest absolute Gasteiger partial charge is 0.157 e. The molecule has 1 aliphatic carbocycles. The summed E-state index contributed by atoms with van der Waals surface area (Å²) in [5, 5.41) is 12.2. The summed E-state index contributed by atoms with van der Waals surface area (Å²) in [6, 6.07) is 0.258. The number of nitrogen functional groups attached to an aromatic ring is 1. The first-order valence-electron chi connectivity index (χ1n) is 4.35. The quantitative estimate of drug-likeness (QED) is 0.639. The molecule has 1 saturated carbocycles. The van der Waals surface area contributed by atoms with Gasteiger partial charge in [-0.3, -0.25) is 0 Å². The van der Waals surface area contributed by atoms with Crippen LogP contribution in [0.4, 0.5) is 11.5 Å². The number of aliphatic hydroxyl groups is 1. The maximum atomic E-state index is 8.85. The van der Waals surface area contributed by atoms with Crippen LogP contribution in [-0.4, -0.2) is 27.7 Å². The minimum atomic E-state index is 0.191. The Morgan fingerprint density at radius 3 is 3.07 bits per heavy atom. The number of aliphatic hydroxyl groups excluding tert-OH is 1. The molecule has 2 rings (SSSR count). The fourth-order valence-corrected chi connectivity index (χ4v) is 1.42. The van der Waals surface area contributed by atoms with Crippen molar-refractivity contribution in [1.29, 1.82) is 0 Å². The molecule has 1 aromatic rings. The lowest BCUT2D eigenvalue weighted by atomic mass is 10.4. The van der Waals surface area contributed by atoms with Gasteiger partial charge >= 0.3 is 0 Å². The van der Waals surface area contributed by atoms with Gasteiger partial charge in [0.15, 0.2) is 11.0 Å². The zero-order valence-electron chi connectivity index (χ0n) is 7.44. The lowest BCUT2D eigenvalue weighted by molar-refractivity contribution is 0.275. The number of hydrogen-bond acceptors (Lipinski definition) is 5. The molecule has 1 aromatic heterocycles. The molecule has 0 saturated heterocycles. The minimum absolute atomic E-state index is 0.191. The lowest BCUT2D eigenvalue weighted by Gasteiger charge is -2.07. The van der Waals surface area contributed by atoms with Crippen LogP contribution in [-0.2, 0) is 0 Å². The first-order valence-corrected chi connectivity index (χ1v) is 4.73. The van der Waals surface area contributed by atoms with Crippen molar-refractivity contribution in [2.75, 3.05) is 17.7 Å². The molecule has 0 spiro atoms. The standard InChI is InChI=1S/C8H11ClN4O/c9-7-6(10)8(12-3-11-7)13-5-1-4(5)2-14/h3-5,14H,1-2,10H2,(H,11,12,13)/t4-,5+/m1/s1. The fourth-order valence-electron chi connectivity index (χ4n) is 1.29. The summed E-state index contributed by atoms with van der Waals surface area (Å²) in [5.41, 5.74) is 6.02. The third-order valence-electron chi connectivity index (χ3n) is 2.31. The van der Waals surface area contributed by atoms with Crippen LogP contribution in [0.15, 0.2) is 6.33 Å². The Morgan fingerprint density at radius 1 is 1.64 bits per heavy atom. The fraction of sp³-hybridized carbons (Fsp3) is 0.500. The molecule has 1 heterocycles. The Hall–Kier alpha value is -1.07. The number of hydrogen-bond donors (Lipinski definition) is 3. The number of rotatable bonds is 3. The Kier molecular flexibility index (Phi) is 2.43. The van der Waals surface area contributed by atoms with E-state index in [1.165, 1.54) is 6.33 Å². The molecule has 4 N–H and O–H groups in total. The summed E-state index contributed by atoms with van der Waals surface area (Å²) in [4.78, 5) is 7.72. The Morgan fingerprint density at radius 2 is 2.43 bits per heavy atom. The van der Waals surface area contributed by atoms with Gasteiger partial charge in [0.25, 0.3) is 0 Å². The lowest BCUT2D eigenvalue weighted by Crippen LogP contribution is -2.10. The number of aromatic nitrogens is 2. The highest BCUT2D eigenvalue weighted by atomic mass is 35.5. The van der Waals surface area contributed by atoms with Crippen molar-refractivity contribution < 1.29 is 5.11 Å². The number of nitrogens with zero attached hydrogens (tertiary/aromatic N) is 2. The van der Waals surface area contributed by atoms with E-state index >= 15 is 0 Å². The van der Waals surface area contributed by atoms with Gasteiger partial charge in [-0.15, -0.1) is 0 Å². The maximum absolute atomic E-state index is 8.85. The largest absolute Gasteiger partial charge is 0.396 e. The molecule has 1 fully saturated rings. The van der Waals surface area contributed by atoms with Crippen LogP contribution in [0.5, 0.6) is 0 Å². The maximum Gasteiger partial charge on any atom is 0.157 e. The number of nitrogens with two attached hydrogens (primary N) is 1. The molecule has 0 radical (unpaired) electrons. The predicted molar refractivity (Wildman–Crippen MR) is 54.1 cm³/mol. The van der Waals surface area contributed by atoms with Gasteiger partial charge in [-0.05, 0) is 6.42 Å². The molecule has 1 aliphatic rings. The van der Waals surface area contributed by atoms with Crippen LogP contribution in [0.3, 0.4) is 0 Å². The second-order valence-corrected chi connectivity index (χ2v) is 3.71. The average molecular weight is 215 g/mol. The zero-order valence-corrected chi connectivity index (χ0v) is 8.20. The van der Waals surface area contributed by atoms with Gasteiger partial charge in [-0.2, -0.15) is 0 Å². The molecule has 5 nitrogen and oxygen atoms in total. The van der Waals surface area contributed by atoms with Crippen LogP contribution in [0.25, 0.3) is 0 Å². The topological polar surface area (TPSA) is 84.1 Å². The van der Waals surface area contributed by atoms with Crippen LogP contribution in [0, 0.1) is 5.92 Å². The van der Waals surface area contributed by atoms with Crippen LogP contribution in [0.2, 0.25) is 5.15 Å². The highest BCUT2D eigenvalue weighted by Crippen LogP contribution is 2.34. The van der Waals surface area contributed by atoms with E-state index in [9.17, 15) is 0 Å². The van der Waals surface area contributed by atoms with E-state index in [2.05, 4.69) is 15.3 Å². The summed E-state index contributed by atoms with van der Waals surface area (Å²) >= 11 is 5.72. The van der Waals surface area contributed by atoms with E-state index in [0.717, 1.165) is 6.42 Å². The van der Waals surface area contributed by atoms with E-state index in [4.69, 9.17) is 22.4 Å². The Bertz CT molecular complexity index is 346. The van der Waals surface area contributed by atoms with E-state index in [1.54, 1.807) is 0 Å². The van der Waals surface area contributed by atoms with Gasteiger partial charge in [0.05, 0.1) is 0 Å². The first kappa shape index (κ1) is 9.48. The summed E-state index contributed by atoms with van der Waals surface area (Å²) in [7, 11) is 0. The number of halogens is 1. The Balaban J connectivity index is 2.07. The molecule has 0 unspecified atom stereocenters. The molecule has 14 heavy (non-hydrogen) atoms. The summed E-state index contributed by atoms with van der Waals surface area (Å²) in [5.74, 6) is 0.856. The van der Waals surface area contributed by atoms with Crippen molar-refractivity contribution in [2.24, 2.45) is 5.92 Å². The van der Waals surface area contributed by atoms with Gasteiger partial charge in [0, 0.05) is 18.6 Å². The second kappa shape index (κ2) is 3.59. The van der Waals surface area contributed by atoms with Crippen molar-refractivity contribution in [1.82, 2.24) is 9.97 Å². The molecule has 76 valence electrons. The van der Waals surface area contributed by atoms with Gasteiger partial charge in [0.1, 0.15) is 12.0 Å². The monoisotopic (exact) mass is 214 g/mol. The molecule has 6 heteroatoms. The average Bonchev–Trinajstić information content (AvgIpc) is 2.92. The van der Waals surface area contributed by atoms with Crippen LogP contribution in [0.1, 0.15) is 6.42 Å². The van der Waals surface area contributed by atoms with Gasteiger partial charge in [0.2, 0.25) is 0 Å². The summed E-state index contributed by atoms with van der Waals surface area (Å²) < 4.78 is 0. The zero-order chi connectivity index (χ0) is 10.1. The normalized spacial score (nSPS) is 24.7. The SMILES string of the molecule is Nc1c(Cl)ncnc1N[C@H]1C[C@@H]1CO.